The zero-order valence-corrected chi connectivity index (χ0v) is 16.7. The van der Waals surface area contributed by atoms with Gasteiger partial charge >= 0.3 is 0 Å². The smallest absolute Gasteiger partial charge is 0.234 e. The summed E-state index contributed by atoms with van der Waals surface area (Å²) < 4.78 is 35.0. The molecule has 1 aliphatic heterocycles. The van der Waals surface area contributed by atoms with Crippen molar-refractivity contribution >= 4 is 21.7 Å². The molecular formula is C18H26N2O6S. The normalized spacial score (nSPS) is 15.3. The van der Waals surface area contributed by atoms with E-state index in [1.54, 1.807) is 30.2 Å². The van der Waals surface area contributed by atoms with E-state index < -0.39 is 26.7 Å². The van der Waals surface area contributed by atoms with Crippen molar-refractivity contribution in [2.45, 2.75) is 24.5 Å². The molecule has 9 heteroatoms. The molecule has 1 fully saturated rings. The lowest BCUT2D eigenvalue weighted by Gasteiger charge is -2.31. The van der Waals surface area contributed by atoms with Crippen molar-refractivity contribution in [2.24, 2.45) is 0 Å². The van der Waals surface area contributed by atoms with E-state index in [1.165, 1.54) is 14.2 Å². The van der Waals surface area contributed by atoms with E-state index in [0.29, 0.717) is 37.4 Å². The van der Waals surface area contributed by atoms with E-state index in [-0.39, 0.29) is 12.3 Å². The largest absolute Gasteiger partial charge is 0.493 e. The van der Waals surface area contributed by atoms with Crippen molar-refractivity contribution in [3.8, 4) is 11.5 Å². The van der Waals surface area contributed by atoms with Crippen molar-refractivity contribution in [1.29, 1.82) is 0 Å². The van der Waals surface area contributed by atoms with Crippen LogP contribution in [0.1, 0.15) is 18.4 Å². The molecule has 150 valence electrons. The molecule has 2 amide bonds. The lowest BCUT2D eigenvalue weighted by atomic mass is 10.1. The van der Waals surface area contributed by atoms with Crippen LogP contribution in [0.2, 0.25) is 0 Å². The molecule has 27 heavy (non-hydrogen) atoms. The molecule has 0 unspecified atom stereocenters. The van der Waals surface area contributed by atoms with Gasteiger partial charge in [0.1, 0.15) is 5.75 Å². The maximum Gasteiger partial charge on any atom is 0.234 e. The zero-order chi connectivity index (χ0) is 20.0. The fourth-order valence-electron chi connectivity index (χ4n) is 3.11. The lowest BCUT2D eigenvalue weighted by Crippen LogP contribution is -2.44. The Morgan fingerprint density at radius 2 is 1.78 bits per heavy atom. The predicted octanol–water partition coefficient (Wildman–Crippen LogP) is 0.398. The Morgan fingerprint density at radius 1 is 1.15 bits per heavy atom. The van der Waals surface area contributed by atoms with E-state index in [2.05, 4.69) is 5.32 Å². The molecular weight excluding hydrogens is 372 g/mol. The lowest BCUT2D eigenvalue weighted by molar-refractivity contribution is -0.131. The van der Waals surface area contributed by atoms with Gasteiger partial charge in [0.15, 0.2) is 21.3 Å². The minimum atomic E-state index is -3.50. The Kier molecular flexibility index (Phi) is 7.06. The van der Waals surface area contributed by atoms with Crippen LogP contribution in [0.15, 0.2) is 18.2 Å². The summed E-state index contributed by atoms with van der Waals surface area (Å²) in [5.41, 5.74) is 0.798. The number of amides is 2. The highest BCUT2D eigenvalue weighted by atomic mass is 32.2. The third-order valence-corrected chi connectivity index (χ3v) is 6.87. The Balaban J connectivity index is 1.94. The van der Waals surface area contributed by atoms with Gasteiger partial charge in [-0.1, -0.05) is 6.07 Å². The predicted molar refractivity (Wildman–Crippen MR) is 101 cm³/mol. The first-order valence-electron chi connectivity index (χ1n) is 8.71. The highest BCUT2D eigenvalue weighted by molar-refractivity contribution is 7.92. The molecule has 0 bridgehead atoms. The maximum atomic E-state index is 12.5. The summed E-state index contributed by atoms with van der Waals surface area (Å²) in [6, 6.07) is 5.32. The molecule has 1 aromatic carbocycles. The summed E-state index contributed by atoms with van der Waals surface area (Å²) in [6.45, 7) is 0.730. The van der Waals surface area contributed by atoms with E-state index in [0.717, 1.165) is 5.56 Å². The number of ether oxygens (including phenoxy) is 2. The van der Waals surface area contributed by atoms with E-state index >= 15 is 0 Å². The maximum absolute atomic E-state index is 12.5. The third kappa shape index (κ3) is 5.35. The minimum Gasteiger partial charge on any atom is -0.493 e. The van der Waals surface area contributed by atoms with E-state index in [4.69, 9.17) is 9.47 Å². The third-order valence-electron chi connectivity index (χ3n) is 4.72. The van der Waals surface area contributed by atoms with Crippen LogP contribution in [0.5, 0.6) is 11.5 Å². The first kappa shape index (κ1) is 21.0. The second kappa shape index (κ2) is 9.07. The number of carbonyl (C=O) groups is 2. The molecule has 0 spiro atoms. The van der Waals surface area contributed by atoms with Crippen LogP contribution < -0.4 is 14.8 Å². The molecule has 1 heterocycles. The quantitative estimate of drug-likeness (QED) is 0.713. The Labute approximate surface area is 159 Å². The zero-order valence-electron chi connectivity index (χ0n) is 15.9. The van der Waals surface area contributed by atoms with Gasteiger partial charge < -0.3 is 19.7 Å². The Hall–Kier alpha value is -2.29. The highest BCUT2D eigenvalue weighted by Gasteiger charge is 2.32. The van der Waals surface area contributed by atoms with Gasteiger partial charge in [0, 0.05) is 20.1 Å². The molecule has 2 rings (SSSR count). The second-order valence-corrected chi connectivity index (χ2v) is 8.71. The number of carbonyl (C=O) groups excluding carboxylic acids is 2. The first-order chi connectivity index (χ1) is 12.8. The van der Waals surface area contributed by atoms with Gasteiger partial charge in [-0.15, -0.1) is 0 Å². The van der Waals surface area contributed by atoms with Crippen molar-refractivity contribution in [1.82, 2.24) is 10.2 Å². The van der Waals surface area contributed by atoms with Gasteiger partial charge in [-0.3, -0.25) is 9.59 Å². The first-order valence-corrected chi connectivity index (χ1v) is 10.4. The molecule has 1 aromatic rings. The Bertz CT molecular complexity index is 785. The van der Waals surface area contributed by atoms with Gasteiger partial charge in [-0.25, -0.2) is 8.42 Å². The van der Waals surface area contributed by atoms with Crippen molar-refractivity contribution in [3.05, 3.63) is 23.8 Å². The average Bonchev–Trinajstić information content (AvgIpc) is 2.67. The summed E-state index contributed by atoms with van der Waals surface area (Å²) in [4.78, 5) is 25.6. The number of hydrogen-bond donors (Lipinski definition) is 1. The van der Waals surface area contributed by atoms with Crippen LogP contribution in [0, 0.1) is 0 Å². The van der Waals surface area contributed by atoms with Crippen LogP contribution in [0.3, 0.4) is 0 Å². The average molecular weight is 398 g/mol. The van der Waals surface area contributed by atoms with Crippen LogP contribution >= 0.6 is 0 Å². The topological polar surface area (TPSA) is 102 Å². The van der Waals surface area contributed by atoms with E-state index in [1.807, 2.05) is 0 Å². The number of likely N-dealkylation sites (tertiary alicyclic amines) is 1. The van der Waals surface area contributed by atoms with Crippen LogP contribution in [-0.4, -0.2) is 70.5 Å². The Morgan fingerprint density at radius 3 is 2.33 bits per heavy atom. The van der Waals surface area contributed by atoms with Gasteiger partial charge in [-0.05, 0) is 30.5 Å². The summed E-state index contributed by atoms with van der Waals surface area (Å²) in [6.07, 6.45) is 0.893. The summed E-state index contributed by atoms with van der Waals surface area (Å²) >= 11 is 0. The SMILES string of the molecule is CNC(=O)CS(=O)(=O)C1CCN(C(=O)Cc2ccc(OC)c(OC)c2)CC1. The van der Waals surface area contributed by atoms with Crippen molar-refractivity contribution in [2.75, 3.05) is 40.1 Å². The molecule has 0 saturated carbocycles. The monoisotopic (exact) mass is 398 g/mol. The van der Waals surface area contributed by atoms with E-state index in [9.17, 15) is 18.0 Å². The number of hydrogen-bond acceptors (Lipinski definition) is 6. The number of piperidine rings is 1. The number of nitrogens with one attached hydrogen (secondary N) is 1. The number of benzene rings is 1. The van der Waals surface area contributed by atoms with Gasteiger partial charge in [0.2, 0.25) is 11.8 Å². The van der Waals surface area contributed by atoms with Crippen LogP contribution in [0.25, 0.3) is 0 Å². The van der Waals surface area contributed by atoms with Gasteiger partial charge in [0.05, 0.1) is 25.9 Å². The van der Waals surface area contributed by atoms with Gasteiger partial charge in [0.25, 0.3) is 0 Å². The molecule has 0 atom stereocenters. The fraction of sp³-hybridized carbons (Fsp3) is 0.556. The molecule has 1 aliphatic rings. The molecule has 0 radical (unpaired) electrons. The van der Waals surface area contributed by atoms with Crippen LogP contribution in [0.4, 0.5) is 0 Å². The molecule has 0 aliphatic carbocycles. The number of sulfone groups is 1. The summed E-state index contributed by atoms with van der Waals surface area (Å²) in [5.74, 6) is 0.0669. The standard InChI is InChI=1S/C18H26N2O6S/c1-19-17(21)12-27(23,24)14-6-8-20(9-7-14)18(22)11-13-4-5-15(25-2)16(10-13)26-3/h4-5,10,14H,6-9,11-12H2,1-3H3,(H,19,21). The fourth-order valence-corrected chi connectivity index (χ4v) is 4.79. The molecule has 1 saturated heterocycles. The van der Waals surface area contributed by atoms with Gasteiger partial charge in [-0.2, -0.15) is 0 Å². The number of methoxy groups -OCH3 is 2. The highest BCUT2D eigenvalue weighted by Crippen LogP contribution is 2.28. The second-order valence-electron chi connectivity index (χ2n) is 6.43. The molecule has 8 nitrogen and oxygen atoms in total. The minimum absolute atomic E-state index is 0.0654. The number of nitrogens with zero attached hydrogens (tertiary/aromatic N) is 1. The summed E-state index contributed by atoms with van der Waals surface area (Å²) in [5, 5.41) is 1.75. The van der Waals surface area contributed by atoms with Crippen molar-refractivity contribution < 1.29 is 27.5 Å². The molecule has 0 aromatic heterocycles. The summed E-state index contributed by atoms with van der Waals surface area (Å²) in [7, 11) is 0.992. The number of rotatable bonds is 7. The van der Waals surface area contributed by atoms with Crippen LogP contribution in [-0.2, 0) is 25.8 Å². The molecule has 1 N–H and O–H groups in total. The van der Waals surface area contributed by atoms with Crippen molar-refractivity contribution in [3.63, 3.8) is 0 Å².